The van der Waals surface area contributed by atoms with E-state index in [4.69, 9.17) is 10.2 Å². The van der Waals surface area contributed by atoms with E-state index < -0.39 is 0 Å². The van der Waals surface area contributed by atoms with Gasteiger partial charge in [0.05, 0.1) is 5.71 Å². The molecule has 0 bridgehead atoms. The third kappa shape index (κ3) is 2.65. The summed E-state index contributed by atoms with van der Waals surface area (Å²) >= 11 is 0. The highest BCUT2D eigenvalue weighted by Gasteiger charge is 2.09. The Bertz CT molecular complexity index is 362. The first-order valence-corrected chi connectivity index (χ1v) is 5.23. The van der Waals surface area contributed by atoms with E-state index >= 15 is 0 Å². The van der Waals surface area contributed by atoms with Crippen LogP contribution in [0, 0.1) is 5.41 Å². The molecule has 0 heterocycles. The zero-order valence-corrected chi connectivity index (χ0v) is 8.57. The second kappa shape index (κ2) is 4.73. The Morgan fingerprint density at radius 1 is 1.13 bits per heavy atom. The number of hydrogen-bond donors (Lipinski definition) is 1. The Balaban J connectivity index is 1.95. The molecular weight excluding hydrogens is 188 g/mol. The van der Waals surface area contributed by atoms with Crippen LogP contribution in [0.3, 0.4) is 0 Å². The third-order valence-electron chi connectivity index (χ3n) is 2.48. The second-order valence-corrected chi connectivity index (χ2v) is 3.65. The van der Waals surface area contributed by atoms with Crippen LogP contribution < -0.4 is 0 Å². The summed E-state index contributed by atoms with van der Waals surface area (Å²) in [6.45, 7) is 0. The second-order valence-electron chi connectivity index (χ2n) is 3.65. The molecule has 1 N–H and O–H groups in total. The summed E-state index contributed by atoms with van der Waals surface area (Å²) in [7, 11) is 0. The van der Waals surface area contributed by atoms with E-state index in [-0.39, 0.29) is 5.90 Å². The Morgan fingerprint density at radius 3 is 2.47 bits per heavy atom. The predicted octanol–water partition coefficient (Wildman–Crippen LogP) is 2.96. The normalized spacial score (nSPS) is 15.1. The van der Waals surface area contributed by atoms with E-state index in [0.29, 0.717) is 0 Å². The number of oxime groups is 1. The lowest BCUT2D eigenvalue weighted by molar-refractivity contribution is 0.324. The molecule has 3 nitrogen and oxygen atoms in total. The quantitative estimate of drug-likeness (QED) is 0.447. The van der Waals surface area contributed by atoms with E-state index in [1.165, 1.54) is 12.8 Å². The fraction of sp³-hybridized carbons (Fsp3) is 0.333. The molecule has 0 aromatic heterocycles. The van der Waals surface area contributed by atoms with E-state index in [1.807, 2.05) is 30.3 Å². The van der Waals surface area contributed by atoms with Crippen molar-refractivity contribution in [1.82, 2.24) is 0 Å². The van der Waals surface area contributed by atoms with Crippen molar-refractivity contribution in [3.63, 3.8) is 0 Å². The first-order chi connectivity index (χ1) is 7.36. The summed E-state index contributed by atoms with van der Waals surface area (Å²) in [6, 6.07) is 9.37. The first kappa shape index (κ1) is 9.90. The van der Waals surface area contributed by atoms with Crippen LogP contribution in [0.4, 0.5) is 0 Å². The van der Waals surface area contributed by atoms with Crippen LogP contribution in [0.2, 0.25) is 0 Å². The number of benzene rings is 1. The average molecular weight is 202 g/mol. The summed E-state index contributed by atoms with van der Waals surface area (Å²) < 4.78 is 0. The summed E-state index contributed by atoms with van der Waals surface area (Å²) in [5.74, 6) is 0.120. The van der Waals surface area contributed by atoms with Crippen LogP contribution in [0.25, 0.3) is 0 Å². The summed E-state index contributed by atoms with van der Waals surface area (Å²) in [6.07, 6.45) is 4.42. The highest BCUT2D eigenvalue weighted by atomic mass is 16.6. The standard InChI is InChI=1S/C12H14N2O/c13-12(10-6-2-1-3-7-10)15-14-11-8-4-5-9-11/h1-3,6-7,13H,4-5,8-9H2. The van der Waals surface area contributed by atoms with Crippen LogP contribution >= 0.6 is 0 Å². The zero-order chi connectivity index (χ0) is 10.5. The van der Waals surface area contributed by atoms with Crippen LogP contribution in [0.1, 0.15) is 31.2 Å². The molecular formula is C12H14N2O. The molecule has 0 atom stereocenters. The molecule has 0 saturated heterocycles. The lowest BCUT2D eigenvalue weighted by atomic mass is 10.2. The molecule has 0 radical (unpaired) electrons. The van der Waals surface area contributed by atoms with Crippen molar-refractivity contribution in [3.05, 3.63) is 35.9 Å². The molecule has 2 rings (SSSR count). The minimum Gasteiger partial charge on any atom is -0.337 e. The van der Waals surface area contributed by atoms with Crippen molar-refractivity contribution in [1.29, 1.82) is 5.41 Å². The predicted molar refractivity (Wildman–Crippen MR) is 60.3 cm³/mol. The molecule has 0 unspecified atom stereocenters. The molecule has 1 aromatic carbocycles. The monoisotopic (exact) mass is 202 g/mol. The average Bonchev–Trinajstić information content (AvgIpc) is 2.80. The Morgan fingerprint density at radius 2 is 1.80 bits per heavy atom. The van der Waals surface area contributed by atoms with Gasteiger partial charge in [-0.1, -0.05) is 23.4 Å². The van der Waals surface area contributed by atoms with Gasteiger partial charge in [0.25, 0.3) is 0 Å². The van der Waals surface area contributed by atoms with Gasteiger partial charge in [-0.25, -0.2) is 0 Å². The van der Waals surface area contributed by atoms with Crippen LogP contribution in [-0.2, 0) is 4.84 Å². The molecule has 15 heavy (non-hydrogen) atoms. The number of nitrogens with one attached hydrogen (secondary N) is 1. The largest absolute Gasteiger partial charge is 0.337 e. The van der Waals surface area contributed by atoms with Gasteiger partial charge in [-0.3, -0.25) is 5.41 Å². The van der Waals surface area contributed by atoms with Crippen molar-refractivity contribution < 1.29 is 4.84 Å². The van der Waals surface area contributed by atoms with Crippen molar-refractivity contribution in [2.75, 3.05) is 0 Å². The molecule has 0 amide bonds. The molecule has 1 aliphatic rings. The van der Waals surface area contributed by atoms with Crippen molar-refractivity contribution in [3.8, 4) is 0 Å². The fourth-order valence-corrected chi connectivity index (χ4v) is 1.63. The van der Waals surface area contributed by atoms with Gasteiger partial charge in [-0.05, 0) is 37.8 Å². The lowest BCUT2D eigenvalue weighted by Crippen LogP contribution is -2.02. The Kier molecular flexibility index (Phi) is 3.12. The van der Waals surface area contributed by atoms with Gasteiger partial charge in [-0.15, -0.1) is 0 Å². The minimum atomic E-state index is 0.120. The molecule has 1 fully saturated rings. The van der Waals surface area contributed by atoms with Gasteiger partial charge >= 0.3 is 0 Å². The van der Waals surface area contributed by atoms with Crippen LogP contribution in [0.15, 0.2) is 35.5 Å². The number of nitrogens with zero attached hydrogens (tertiary/aromatic N) is 1. The first-order valence-electron chi connectivity index (χ1n) is 5.23. The van der Waals surface area contributed by atoms with Gasteiger partial charge < -0.3 is 4.84 Å². The van der Waals surface area contributed by atoms with Crippen molar-refractivity contribution >= 4 is 11.6 Å². The van der Waals surface area contributed by atoms with Crippen molar-refractivity contribution in [2.24, 2.45) is 5.16 Å². The van der Waals surface area contributed by atoms with Crippen molar-refractivity contribution in [2.45, 2.75) is 25.7 Å². The number of rotatable bonds is 2. The summed E-state index contributed by atoms with van der Waals surface area (Å²) in [5.41, 5.74) is 1.84. The van der Waals surface area contributed by atoms with Gasteiger partial charge in [0.2, 0.25) is 5.90 Å². The topological polar surface area (TPSA) is 45.4 Å². The third-order valence-corrected chi connectivity index (χ3v) is 2.48. The molecule has 1 saturated carbocycles. The van der Waals surface area contributed by atoms with Crippen LogP contribution in [-0.4, -0.2) is 11.6 Å². The van der Waals surface area contributed by atoms with E-state index in [1.54, 1.807) is 0 Å². The molecule has 0 aliphatic heterocycles. The van der Waals surface area contributed by atoms with Gasteiger partial charge in [0, 0.05) is 5.56 Å². The van der Waals surface area contributed by atoms with Gasteiger partial charge in [0.1, 0.15) is 0 Å². The van der Waals surface area contributed by atoms with Gasteiger partial charge in [0.15, 0.2) is 0 Å². The molecule has 3 heteroatoms. The lowest BCUT2D eigenvalue weighted by Gasteiger charge is -2.01. The fourth-order valence-electron chi connectivity index (χ4n) is 1.63. The van der Waals surface area contributed by atoms with E-state index in [9.17, 15) is 0 Å². The Labute approximate surface area is 89.3 Å². The van der Waals surface area contributed by atoms with E-state index in [0.717, 1.165) is 24.1 Å². The highest BCUT2D eigenvalue weighted by Crippen LogP contribution is 2.15. The molecule has 78 valence electrons. The smallest absolute Gasteiger partial charge is 0.248 e. The number of hydrogen-bond acceptors (Lipinski definition) is 3. The summed E-state index contributed by atoms with van der Waals surface area (Å²) in [4.78, 5) is 5.08. The van der Waals surface area contributed by atoms with E-state index in [2.05, 4.69) is 5.16 Å². The maximum atomic E-state index is 7.66. The molecule has 1 aromatic rings. The minimum absolute atomic E-state index is 0.120. The summed E-state index contributed by atoms with van der Waals surface area (Å²) in [5, 5.41) is 11.7. The zero-order valence-electron chi connectivity index (χ0n) is 8.57. The maximum Gasteiger partial charge on any atom is 0.248 e. The highest BCUT2D eigenvalue weighted by molar-refractivity contribution is 5.92. The molecule has 0 spiro atoms. The maximum absolute atomic E-state index is 7.66. The SMILES string of the molecule is N=C(ON=C1CCCC1)c1ccccc1. The van der Waals surface area contributed by atoms with Crippen LogP contribution in [0.5, 0.6) is 0 Å². The Hall–Kier alpha value is -1.64. The van der Waals surface area contributed by atoms with Gasteiger partial charge in [-0.2, -0.15) is 0 Å². The molecule has 1 aliphatic carbocycles.